The van der Waals surface area contributed by atoms with Crippen LogP contribution in [0.2, 0.25) is 0 Å². The molecular formula is C17H20N6O2. The van der Waals surface area contributed by atoms with Crippen LogP contribution in [0.15, 0.2) is 30.5 Å². The summed E-state index contributed by atoms with van der Waals surface area (Å²) in [7, 11) is 3.36. The molecule has 1 aromatic carbocycles. The molecular weight excluding hydrogens is 320 g/mol. The number of hydrogen-bond acceptors (Lipinski definition) is 6. The van der Waals surface area contributed by atoms with Gasteiger partial charge in [-0.25, -0.2) is 0 Å². The molecule has 0 radical (unpaired) electrons. The van der Waals surface area contributed by atoms with Crippen LogP contribution in [0.1, 0.15) is 30.0 Å². The number of rotatable bonds is 5. The van der Waals surface area contributed by atoms with E-state index in [9.17, 15) is 4.79 Å². The number of methoxy groups -OCH3 is 1. The van der Waals surface area contributed by atoms with E-state index in [-0.39, 0.29) is 5.91 Å². The normalized spacial score (nSPS) is 11.5. The van der Waals surface area contributed by atoms with E-state index in [0.29, 0.717) is 23.7 Å². The summed E-state index contributed by atoms with van der Waals surface area (Å²) in [5, 5.41) is 14.9. The monoisotopic (exact) mass is 340 g/mol. The van der Waals surface area contributed by atoms with E-state index >= 15 is 0 Å². The Morgan fingerprint density at radius 3 is 2.80 bits per heavy atom. The SMILES string of the molecule is COc1ccc2nccc(C(=O)N(C)CC(C)(C)c3nn[nH]n3)c2c1. The molecule has 0 fully saturated rings. The molecule has 3 aromatic rings. The molecule has 0 atom stereocenters. The minimum absolute atomic E-state index is 0.0998. The first kappa shape index (κ1) is 16.8. The van der Waals surface area contributed by atoms with Gasteiger partial charge in [0.05, 0.1) is 18.2 Å². The zero-order chi connectivity index (χ0) is 18.0. The molecule has 0 aliphatic heterocycles. The number of ether oxygens (including phenoxy) is 1. The summed E-state index contributed by atoms with van der Waals surface area (Å²) >= 11 is 0. The summed E-state index contributed by atoms with van der Waals surface area (Å²) in [6.07, 6.45) is 1.64. The van der Waals surface area contributed by atoms with Crippen molar-refractivity contribution in [2.45, 2.75) is 19.3 Å². The van der Waals surface area contributed by atoms with Gasteiger partial charge < -0.3 is 9.64 Å². The van der Waals surface area contributed by atoms with Gasteiger partial charge in [-0.3, -0.25) is 9.78 Å². The summed E-state index contributed by atoms with van der Waals surface area (Å²) in [5.41, 5.74) is 0.894. The van der Waals surface area contributed by atoms with Crippen LogP contribution in [0.5, 0.6) is 5.75 Å². The van der Waals surface area contributed by atoms with E-state index < -0.39 is 5.41 Å². The number of hydrogen-bond donors (Lipinski definition) is 1. The van der Waals surface area contributed by atoms with Gasteiger partial charge in [-0.15, -0.1) is 10.2 Å². The van der Waals surface area contributed by atoms with Crippen LogP contribution >= 0.6 is 0 Å². The van der Waals surface area contributed by atoms with Crippen molar-refractivity contribution in [2.75, 3.05) is 20.7 Å². The number of nitrogens with zero attached hydrogens (tertiary/aromatic N) is 5. The number of carbonyl (C=O) groups excluding carboxylic acids is 1. The van der Waals surface area contributed by atoms with Gasteiger partial charge in [0.15, 0.2) is 5.82 Å². The van der Waals surface area contributed by atoms with Crippen LogP contribution in [0.3, 0.4) is 0 Å². The molecule has 2 heterocycles. The van der Waals surface area contributed by atoms with Gasteiger partial charge in [-0.1, -0.05) is 19.1 Å². The largest absolute Gasteiger partial charge is 0.497 e. The zero-order valence-corrected chi connectivity index (χ0v) is 14.6. The van der Waals surface area contributed by atoms with E-state index in [0.717, 1.165) is 10.9 Å². The van der Waals surface area contributed by atoms with Crippen LogP contribution in [-0.2, 0) is 5.41 Å². The maximum absolute atomic E-state index is 13.0. The maximum Gasteiger partial charge on any atom is 0.254 e. The van der Waals surface area contributed by atoms with Crippen molar-refractivity contribution in [2.24, 2.45) is 0 Å². The first-order valence-electron chi connectivity index (χ1n) is 7.84. The lowest BCUT2D eigenvalue weighted by molar-refractivity contribution is 0.0767. The molecule has 130 valence electrons. The highest BCUT2D eigenvalue weighted by Crippen LogP contribution is 2.25. The van der Waals surface area contributed by atoms with Crippen LogP contribution in [-0.4, -0.2) is 57.1 Å². The number of tetrazole rings is 1. The quantitative estimate of drug-likeness (QED) is 0.761. The molecule has 0 aliphatic rings. The van der Waals surface area contributed by atoms with Crippen molar-refractivity contribution < 1.29 is 9.53 Å². The van der Waals surface area contributed by atoms with Crippen LogP contribution in [0.4, 0.5) is 0 Å². The standard InChI is InChI=1S/C17H20N6O2/c1-17(2,16-19-21-22-20-16)10-23(3)15(24)12-7-8-18-14-6-5-11(25-4)9-13(12)14/h5-9H,10H2,1-4H3,(H,19,20,21,22). The van der Waals surface area contributed by atoms with Gasteiger partial charge in [0.25, 0.3) is 5.91 Å². The lowest BCUT2D eigenvalue weighted by Gasteiger charge is -2.27. The molecule has 1 amide bonds. The predicted molar refractivity (Wildman–Crippen MR) is 92.5 cm³/mol. The Kier molecular flexibility index (Phi) is 4.35. The number of aromatic amines is 1. The Balaban J connectivity index is 1.91. The van der Waals surface area contributed by atoms with Crippen LogP contribution in [0, 0.1) is 0 Å². The number of H-pyrrole nitrogens is 1. The minimum atomic E-state index is -0.433. The summed E-state index contributed by atoms with van der Waals surface area (Å²) in [6, 6.07) is 7.22. The predicted octanol–water partition coefficient (Wildman–Crippen LogP) is 1.81. The fourth-order valence-electron chi connectivity index (χ4n) is 2.83. The number of benzene rings is 1. The topological polar surface area (TPSA) is 96.9 Å². The lowest BCUT2D eigenvalue weighted by atomic mass is 9.91. The van der Waals surface area contributed by atoms with Crippen LogP contribution in [0.25, 0.3) is 10.9 Å². The number of amides is 1. The van der Waals surface area contributed by atoms with Crippen LogP contribution < -0.4 is 4.74 Å². The van der Waals surface area contributed by atoms with Crippen molar-refractivity contribution in [3.05, 3.63) is 41.9 Å². The number of fused-ring (bicyclic) bond motifs is 1. The molecule has 2 aromatic heterocycles. The molecule has 8 heteroatoms. The van der Waals surface area contributed by atoms with E-state index in [1.54, 1.807) is 31.3 Å². The number of carbonyl (C=O) groups is 1. The van der Waals surface area contributed by atoms with E-state index in [1.165, 1.54) is 0 Å². The summed E-state index contributed by atoms with van der Waals surface area (Å²) in [5.74, 6) is 1.15. The second-order valence-electron chi connectivity index (χ2n) is 6.52. The van der Waals surface area contributed by atoms with Gasteiger partial charge in [-0.2, -0.15) is 5.21 Å². The highest BCUT2D eigenvalue weighted by Gasteiger charge is 2.29. The van der Waals surface area contributed by atoms with Crippen molar-refractivity contribution in [1.29, 1.82) is 0 Å². The maximum atomic E-state index is 13.0. The summed E-state index contributed by atoms with van der Waals surface area (Å²) in [4.78, 5) is 19.0. The van der Waals surface area contributed by atoms with E-state index in [1.807, 2.05) is 32.0 Å². The smallest absolute Gasteiger partial charge is 0.254 e. The molecule has 0 saturated heterocycles. The Morgan fingerprint density at radius 1 is 1.32 bits per heavy atom. The first-order valence-corrected chi connectivity index (χ1v) is 7.84. The van der Waals surface area contributed by atoms with Gasteiger partial charge in [0.2, 0.25) is 0 Å². The van der Waals surface area contributed by atoms with Gasteiger partial charge >= 0.3 is 0 Å². The highest BCUT2D eigenvalue weighted by molar-refractivity contribution is 6.06. The second kappa shape index (κ2) is 6.46. The third kappa shape index (κ3) is 3.28. The molecule has 8 nitrogen and oxygen atoms in total. The molecule has 0 aliphatic carbocycles. The fourth-order valence-corrected chi connectivity index (χ4v) is 2.83. The van der Waals surface area contributed by atoms with E-state index in [2.05, 4.69) is 25.6 Å². The average molecular weight is 340 g/mol. The Hall–Kier alpha value is -3.03. The van der Waals surface area contributed by atoms with Gasteiger partial charge in [0, 0.05) is 30.6 Å². The molecule has 0 spiro atoms. The molecule has 0 saturated carbocycles. The molecule has 25 heavy (non-hydrogen) atoms. The lowest BCUT2D eigenvalue weighted by Crippen LogP contribution is -2.39. The number of pyridine rings is 1. The summed E-state index contributed by atoms with van der Waals surface area (Å²) in [6.45, 7) is 4.38. The van der Waals surface area contributed by atoms with Crippen molar-refractivity contribution in [3.63, 3.8) is 0 Å². The molecule has 1 N–H and O–H groups in total. The third-order valence-corrected chi connectivity index (χ3v) is 4.11. The highest BCUT2D eigenvalue weighted by atomic mass is 16.5. The van der Waals surface area contributed by atoms with Gasteiger partial charge in [-0.05, 0) is 24.3 Å². The average Bonchev–Trinajstić information content (AvgIpc) is 3.15. The fraction of sp³-hybridized carbons (Fsp3) is 0.353. The third-order valence-electron chi connectivity index (χ3n) is 4.11. The molecule has 0 bridgehead atoms. The number of likely N-dealkylation sites (N-methyl/N-ethyl adjacent to an activating group) is 1. The Labute approximate surface area is 145 Å². The van der Waals surface area contributed by atoms with Crippen molar-refractivity contribution >= 4 is 16.8 Å². The molecule has 0 unspecified atom stereocenters. The zero-order valence-electron chi connectivity index (χ0n) is 14.6. The number of aromatic nitrogens is 5. The Bertz CT molecular complexity index is 891. The van der Waals surface area contributed by atoms with Crippen molar-refractivity contribution in [1.82, 2.24) is 30.5 Å². The second-order valence-corrected chi connectivity index (χ2v) is 6.52. The Morgan fingerprint density at radius 2 is 2.12 bits per heavy atom. The molecule has 3 rings (SSSR count). The van der Waals surface area contributed by atoms with E-state index in [4.69, 9.17) is 4.74 Å². The minimum Gasteiger partial charge on any atom is -0.497 e. The van der Waals surface area contributed by atoms with Crippen molar-refractivity contribution in [3.8, 4) is 5.75 Å². The first-order chi connectivity index (χ1) is 11.9. The van der Waals surface area contributed by atoms with Gasteiger partial charge in [0.1, 0.15) is 5.75 Å². The summed E-state index contributed by atoms with van der Waals surface area (Å²) < 4.78 is 5.27. The number of nitrogens with one attached hydrogen (secondary N) is 1.